The van der Waals surface area contributed by atoms with Crippen LogP contribution in [0.5, 0.6) is 0 Å². The number of nitrogens with two attached hydrogens (primary N) is 1. The third-order valence-electron chi connectivity index (χ3n) is 2.59. The van der Waals surface area contributed by atoms with Crippen LogP contribution in [0, 0.1) is 5.92 Å². The van der Waals surface area contributed by atoms with E-state index in [1.807, 2.05) is 0 Å². The predicted molar refractivity (Wildman–Crippen MR) is 62.2 cm³/mol. The first-order chi connectivity index (χ1) is 6.57. The topological polar surface area (TPSA) is 46.2 Å². The summed E-state index contributed by atoms with van der Waals surface area (Å²) < 4.78 is 0. The Morgan fingerprint density at radius 2 is 1.79 bits per heavy atom. The maximum atomic E-state index is 9.74. The molecule has 0 heterocycles. The molecule has 2 atom stereocenters. The second-order valence-electron chi connectivity index (χ2n) is 4.71. The fourth-order valence-corrected chi connectivity index (χ4v) is 1.70. The highest BCUT2D eigenvalue weighted by Gasteiger charge is 2.15. The molecule has 0 radical (unpaired) electrons. The van der Waals surface area contributed by atoms with E-state index in [0.29, 0.717) is 5.92 Å². The Labute approximate surface area is 88.9 Å². The molecule has 0 aromatic carbocycles. The molecule has 0 saturated heterocycles. The predicted octanol–water partition coefficient (Wildman–Crippen LogP) is 2.69. The highest BCUT2D eigenvalue weighted by molar-refractivity contribution is 4.72. The fourth-order valence-electron chi connectivity index (χ4n) is 1.70. The lowest BCUT2D eigenvalue weighted by Gasteiger charge is -2.20. The zero-order valence-electron chi connectivity index (χ0n) is 10.00. The Balaban J connectivity index is 3.46. The van der Waals surface area contributed by atoms with Gasteiger partial charge in [-0.3, -0.25) is 0 Å². The first kappa shape index (κ1) is 13.9. The van der Waals surface area contributed by atoms with E-state index >= 15 is 0 Å². The molecule has 0 aromatic heterocycles. The van der Waals surface area contributed by atoms with Crippen molar-refractivity contribution >= 4 is 0 Å². The highest BCUT2D eigenvalue weighted by Crippen LogP contribution is 2.12. The number of aliphatic hydroxyl groups is 1. The molecule has 0 spiro atoms. The zero-order valence-corrected chi connectivity index (χ0v) is 10.00. The van der Waals surface area contributed by atoms with Gasteiger partial charge in [0.25, 0.3) is 0 Å². The molecule has 0 aliphatic rings. The first-order valence-corrected chi connectivity index (χ1v) is 6.01. The zero-order chi connectivity index (χ0) is 11.0. The third-order valence-corrected chi connectivity index (χ3v) is 2.59. The van der Waals surface area contributed by atoms with E-state index < -0.39 is 0 Å². The monoisotopic (exact) mass is 201 g/mol. The lowest BCUT2D eigenvalue weighted by atomic mass is 9.96. The Hall–Kier alpha value is -0.0800. The van der Waals surface area contributed by atoms with E-state index in [2.05, 4.69) is 20.8 Å². The minimum atomic E-state index is -0.297. The standard InChI is InChI=1S/C12H27NO/c1-4-5-6-7-8-12(14)11(13)9-10(2)3/h10-12,14H,4-9,13H2,1-3H3. The summed E-state index contributed by atoms with van der Waals surface area (Å²) in [5.41, 5.74) is 5.88. The van der Waals surface area contributed by atoms with Gasteiger partial charge in [-0.2, -0.15) is 0 Å². The van der Waals surface area contributed by atoms with E-state index in [1.165, 1.54) is 19.3 Å². The number of hydrogen-bond acceptors (Lipinski definition) is 2. The van der Waals surface area contributed by atoms with Crippen molar-refractivity contribution in [3.05, 3.63) is 0 Å². The largest absolute Gasteiger partial charge is 0.392 e. The lowest BCUT2D eigenvalue weighted by Crippen LogP contribution is -2.35. The van der Waals surface area contributed by atoms with Gasteiger partial charge in [0.1, 0.15) is 0 Å². The van der Waals surface area contributed by atoms with Crippen molar-refractivity contribution in [3.8, 4) is 0 Å². The van der Waals surface area contributed by atoms with Crippen LogP contribution in [0.1, 0.15) is 59.3 Å². The van der Waals surface area contributed by atoms with Gasteiger partial charge in [0.15, 0.2) is 0 Å². The quantitative estimate of drug-likeness (QED) is 0.593. The van der Waals surface area contributed by atoms with Crippen LogP contribution in [0.15, 0.2) is 0 Å². The van der Waals surface area contributed by atoms with Crippen molar-refractivity contribution < 1.29 is 5.11 Å². The summed E-state index contributed by atoms with van der Waals surface area (Å²) in [6, 6.07) is -0.0309. The van der Waals surface area contributed by atoms with Gasteiger partial charge in [-0.05, 0) is 18.8 Å². The molecule has 0 fully saturated rings. The summed E-state index contributed by atoms with van der Waals surface area (Å²) in [7, 11) is 0. The summed E-state index contributed by atoms with van der Waals surface area (Å²) in [4.78, 5) is 0. The van der Waals surface area contributed by atoms with E-state index in [1.54, 1.807) is 0 Å². The average Bonchev–Trinajstić information content (AvgIpc) is 2.11. The maximum Gasteiger partial charge on any atom is 0.0691 e. The van der Waals surface area contributed by atoms with Crippen LogP contribution >= 0.6 is 0 Å². The van der Waals surface area contributed by atoms with E-state index in [4.69, 9.17) is 5.73 Å². The van der Waals surface area contributed by atoms with Crippen molar-refractivity contribution in [2.45, 2.75) is 71.4 Å². The molecule has 86 valence electrons. The van der Waals surface area contributed by atoms with E-state index in [0.717, 1.165) is 19.3 Å². The van der Waals surface area contributed by atoms with Crippen LogP contribution in [0.2, 0.25) is 0 Å². The summed E-state index contributed by atoms with van der Waals surface area (Å²) in [5, 5.41) is 9.74. The highest BCUT2D eigenvalue weighted by atomic mass is 16.3. The Bertz CT molecular complexity index is 125. The maximum absolute atomic E-state index is 9.74. The second kappa shape index (κ2) is 8.25. The van der Waals surface area contributed by atoms with Gasteiger partial charge in [-0.25, -0.2) is 0 Å². The van der Waals surface area contributed by atoms with Gasteiger partial charge < -0.3 is 10.8 Å². The summed E-state index contributed by atoms with van der Waals surface area (Å²) in [6.45, 7) is 6.48. The summed E-state index contributed by atoms with van der Waals surface area (Å²) >= 11 is 0. The van der Waals surface area contributed by atoms with Gasteiger partial charge in [-0.15, -0.1) is 0 Å². The molecule has 0 aliphatic heterocycles. The van der Waals surface area contributed by atoms with Crippen molar-refractivity contribution in [1.82, 2.24) is 0 Å². The number of aliphatic hydroxyl groups excluding tert-OH is 1. The molecule has 2 nitrogen and oxygen atoms in total. The minimum Gasteiger partial charge on any atom is -0.392 e. The Morgan fingerprint density at radius 1 is 1.14 bits per heavy atom. The van der Waals surface area contributed by atoms with Crippen LogP contribution in [0.25, 0.3) is 0 Å². The Morgan fingerprint density at radius 3 is 2.29 bits per heavy atom. The molecule has 0 amide bonds. The lowest BCUT2D eigenvalue weighted by molar-refractivity contribution is 0.122. The smallest absolute Gasteiger partial charge is 0.0691 e. The van der Waals surface area contributed by atoms with Crippen molar-refractivity contribution in [2.75, 3.05) is 0 Å². The Kier molecular flexibility index (Phi) is 8.20. The number of rotatable bonds is 8. The van der Waals surface area contributed by atoms with Crippen molar-refractivity contribution in [1.29, 1.82) is 0 Å². The van der Waals surface area contributed by atoms with Crippen LogP contribution in [-0.2, 0) is 0 Å². The molecule has 2 heteroatoms. The molecule has 14 heavy (non-hydrogen) atoms. The molecule has 2 unspecified atom stereocenters. The molecule has 0 saturated carbocycles. The van der Waals surface area contributed by atoms with Crippen molar-refractivity contribution in [2.24, 2.45) is 11.7 Å². The minimum absolute atomic E-state index is 0.0309. The fraction of sp³-hybridized carbons (Fsp3) is 1.00. The summed E-state index contributed by atoms with van der Waals surface area (Å²) in [5.74, 6) is 0.579. The second-order valence-corrected chi connectivity index (χ2v) is 4.71. The van der Waals surface area contributed by atoms with Crippen LogP contribution in [0.4, 0.5) is 0 Å². The molecular formula is C12H27NO. The van der Waals surface area contributed by atoms with Gasteiger partial charge in [-0.1, -0.05) is 46.5 Å². The molecule has 3 N–H and O–H groups in total. The van der Waals surface area contributed by atoms with E-state index in [-0.39, 0.29) is 12.1 Å². The van der Waals surface area contributed by atoms with Crippen LogP contribution in [-0.4, -0.2) is 17.3 Å². The van der Waals surface area contributed by atoms with Gasteiger partial charge in [0.2, 0.25) is 0 Å². The number of hydrogen-bond donors (Lipinski definition) is 2. The molecule has 0 bridgehead atoms. The number of unbranched alkanes of at least 4 members (excludes halogenated alkanes) is 3. The van der Waals surface area contributed by atoms with Crippen molar-refractivity contribution in [3.63, 3.8) is 0 Å². The van der Waals surface area contributed by atoms with E-state index in [9.17, 15) is 5.11 Å². The molecule has 0 aliphatic carbocycles. The summed E-state index contributed by atoms with van der Waals surface area (Å²) in [6.07, 6.45) is 6.35. The molecule has 0 aromatic rings. The van der Waals surface area contributed by atoms with Crippen LogP contribution in [0.3, 0.4) is 0 Å². The average molecular weight is 201 g/mol. The third kappa shape index (κ3) is 7.34. The SMILES string of the molecule is CCCCCCC(O)C(N)CC(C)C. The van der Waals surface area contributed by atoms with Gasteiger partial charge in [0.05, 0.1) is 6.10 Å². The van der Waals surface area contributed by atoms with Gasteiger partial charge in [0, 0.05) is 6.04 Å². The molecular weight excluding hydrogens is 174 g/mol. The molecule has 0 rings (SSSR count). The van der Waals surface area contributed by atoms with Gasteiger partial charge >= 0.3 is 0 Å². The normalized spacial score (nSPS) is 15.9. The van der Waals surface area contributed by atoms with Crippen LogP contribution < -0.4 is 5.73 Å². The first-order valence-electron chi connectivity index (χ1n) is 6.01.